The Labute approximate surface area is 173 Å². The Balaban J connectivity index is 1.93. The highest BCUT2D eigenvalue weighted by Crippen LogP contribution is 2.33. The van der Waals surface area contributed by atoms with Crippen molar-refractivity contribution in [2.45, 2.75) is 51.2 Å². The second-order valence-corrected chi connectivity index (χ2v) is 8.45. The van der Waals surface area contributed by atoms with Gasteiger partial charge in [-0.1, -0.05) is 12.8 Å². The minimum Gasteiger partial charge on any atom is -0.389 e. The van der Waals surface area contributed by atoms with E-state index in [1.165, 1.54) is 12.3 Å². The molecule has 0 unspecified atom stereocenters. The van der Waals surface area contributed by atoms with Crippen molar-refractivity contribution >= 4 is 22.8 Å². The zero-order valence-electron chi connectivity index (χ0n) is 17.1. The van der Waals surface area contributed by atoms with Gasteiger partial charge in [-0.25, -0.2) is 0 Å². The number of rotatable bonds is 5. The Morgan fingerprint density at radius 3 is 2.63 bits per heavy atom. The van der Waals surface area contributed by atoms with Gasteiger partial charge in [0.15, 0.2) is 5.65 Å². The van der Waals surface area contributed by atoms with E-state index >= 15 is 0 Å². The van der Waals surface area contributed by atoms with Crippen molar-refractivity contribution in [2.75, 3.05) is 17.6 Å². The molecular weight excluding hydrogens is 384 g/mol. The summed E-state index contributed by atoms with van der Waals surface area (Å²) in [5.74, 6) is 0.515. The highest BCUT2D eigenvalue weighted by Gasteiger charge is 2.24. The topological polar surface area (TPSA) is 139 Å². The number of anilines is 2. The van der Waals surface area contributed by atoms with Crippen LogP contribution in [0.1, 0.15) is 45.6 Å². The molecule has 158 valence electrons. The van der Waals surface area contributed by atoms with Crippen LogP contribution in [0, 0.1) is 0 Å². The monoisotopic (exact) mass is 410 g/mol. The molecule has 9 nitrogen and oxygen atoms in total. The maximum atomic E-state index is 13.5. The van der Waals surface area contributed by atoms with Crippen LogP contribution < -0.4 is 22.2 Å². The van der Waals surface area contributed by atoms with Crippen molar-refractivity contribution in [1.82, 2.24) is 19.5 Å². The molecule has 4 rings (SSSR count). The number of hydrogen-bond donors (Lipinski definition) is 4. The number of nitrogens with two attached hydrogens (primary N) is 1. The molecule has 9 heteroatoms. The summed E-state index contributed by atoms with van der Waals surface area (Å²) < 4.78 is 1.72. The van der Waals surface area contributed by atoms with E-state index < -0.39 is 5.60 Å². The van der Waals surface area contributed by atoms with Gasteiger partial charge in [0.2, 0.25) is 11.5 Å². The van der Waals surface area contributed by atoms with E-state index in [0.29, 0.717) is 22.2 Å². The number of aliphatic hydroxyl groups is 1. The van der Waals surface area contributed by atoms with Gasteiger partial charge in [-0.05, 0) is 38.8 Å². The number of pyridine rings is 2. The van der Waals surface area contributed by atoms with Crippen LogP contribution in [0.3, 0.4) is 0 Å². The van der Waals surface area contributed by atoms with Gasteiger partial charge >= 0.3 is 0 Å². The zero-order valence-corrected chi connectivity index (χ0v) is 17.1. The van der Waals surface area contributed by atoms with E-state index in [1.54, 1.807) is 30.5 Å². The van der Waals surface area contributed by atoms with Crippen molar-refractivity contribution in [1.29, 1.82) is 0 Å². The van der Waals surface area contributed by atoms with Gasteiger partial charge in [0, 0.05) is 36.0 Å². The zero-order chi connectivity index (χ0) is 21.5. The van der Waals surface area contributed by atoms with Crippen molar-refractivity contribution in [2.24, 2.45) is 0 Å². The summed E-state index contributed by atoms with van der Waals surface area (Å²) in [7, 11) is 0. The molecular formula is C21H26N6O3. The molecule has 0 aromatic carbocycles. The Bertz CT molecular complexity index is 1180. The standard InChI is InChI=1S/C21H26N6O3/c1-21(2,30)11-24-20-25-17(22)15-9-14(12-7-8-16(28)23-10-12)19(29)27(18(15)26-20)13-5-3-4-6-13/h7-10,13,30H,3-6,11H2,1-2H3,(H,23,28)(H3,22,24,25,26). The second-order valence-electron chi connectivity index (χ2n) is 8.45. The van der Waals surface area contributed by atoms with Gasteiger partial charge < -0.3 is 21.1 Å². The molecule has 0 aliphatic heterocycles. The largest absolute Gasteiger partial charge is 0.389 e. The Morgan fingerprint density at radius 2 is 2.00 bits per heavy atom. The molecule has 1 aliphatic carbocycles. The fourth-order valence-corrected chi connectivity index (χ4v) is 3.89. The fourth-order valence-electron chi connectivity index (χ4n) is 3.89. The lowest BCUT2D eigenvalue weighted by Crippen LogP contribution is -2.30. The number of nitrogens with zero attached hydrogens (tertiary/aromatic N) is 3. The van der Waals surface area contributed by atoms with Gasteiger partial charge in [0.25, 0.3) is 5.56 Å². The van der Waals surface area contributed by atoms with Crippen molar-refractivity contribution in [3.8, 4) is 11.1 Å². The van der Waals surface area contributed by atoms with Crippen LogP contribution in [0.15, 0.2) is 34.0 Å². The van der Waals surface area contributed by atoms with Crippen molar-refractivity contribution in [3.63, 3.8) is 0 Å². The second kappa shape index (κ2) is 7.56. The predicted molar refractivity (Wildman–Crippen MR) is 117 cm³/mol. The summed E-state index contributed by atoms with van der Waals surface area (Å²) in [6, 6.07) is 4.73. The first-order valence-corrected chi connectivity index (χ1v) is 10.1. The predicted octanol–water partition coefficient (Wildman–Crippen LogP) is 2.03. The molecule has 3 heterocycles. The van der Waals surface area contributed by atoms with E-state index in [9.17, 15) is 14.7 Å². The first-order valence-electron chi connectivity index (χ1n) is 10.1. The number of hydrogen-bond acceptors (Lipinski definition) is 7. The maximum absolute atomic E-state index is 13.5. The van der Waals surface area contributed by atoms with Crippen LogP contribution in [0.4, 0.5) is 11.8 Å². The summed E-state index contributed by atoms with van der Waals surface area (Å²) in [4.78, 5) is 36.5. The molecule has 3 aromatic rings. The molecule has 0 saturated heterocycles. The average molecular weight is 410 g/mol. The molecule has 0 bridgehead atoms. The van der Waals surface area contributed by atoms with Crippen LogP contribution in [0.5, 0.6) is 0 Å². The Kier molecular flexibility index (Phi) is 5.07. The number of fused-ring (bicyclic) bond motifs is 1. The fraction of sp³-hybridized carbons (Fsp3) is 0.429. The normalized spacial score (nSPS) is 15.0. The Hall–Kier alpha value is -3.20. The number of aromatic nitrogens is 4. The van der Waals surface area contributed by atoms with E-state index in [0.717, 1.165) is 25.7 Å². The summed E-state index contributed by atoms with van der Waals surface area (Å²) in [6.45, 7) is 3.59. The molecule has 0 radical (unpaired) electrons. The van der Waals surface area contributed by atoms with Crippen LogP contribution in [-0.2, 0) is 0 Å². The van der Waals surface area contributed by atoms with Gasteiger partial charge in [0.05, 0.1) is 11.0 Å². The summed E-state index contributed by atoms with van der Waals surface area (Å²) in [5, 5.41) is 13.6. The van der Waals surface area contributed by atoms with E-state index in [1.807, 2.05) is 0 Å². The average Bonchev–Trinajstić information content (AvgIpc) is 3.20. The third kappa shape index (κ3) is 3.93. The van der Waals surface area contributed by atoms with Crippen LogP contribution in [0.2, 0.25) is 0 Å². The third-order valence-electron chi connectivity index (χ3n) is 5.39. The first kappa shape index (κ1) is 20.1. The number of nitrogen functional groups attached to an aromatic ring is 1. The molecule has 30 heavy (non-hydrogen) atoms. The van der Waals surface area contributed by atoms with Gasteiger partial charge in [-0.3, -0.25) is 14.2 Å². The number of nitrogens with one attached hydrogen (secondary N) is 2. The van der Waals surface area contributed by atoms with E-state index in [-0.39, 0.29) is 35.5 Å². The SMILES string of the molecule is CC(C)(O)CNc1nc(N)c2cc(-c3ccc(=O)[nH]c3)c(=O)n(C3CCCC3)c2n1. The first-order chi connectivity index (χ1) is 14.2. The quantitative estimate of drug-likeness (QED) is 0.505. The molecule has 3 aromatic heterocycles. The molecule has 0 spiro atoms. The molecule has 5 N–H and O–H groups in total. The molecule has 0 amide bonds. The minimum absolute atomic E-state index is 0.0270. The number of aromatic amines is 1. The lowest BCUT2D eigenvalue weighted by atomic mass is 10.1. The molecule has 1 fully saturated rings. The van der Waals surface area contributed by atoms with Crippen LogP contribution in [-0.4, -0.2) is 36.8 Å². The summed E-state index contributed by atoms with van der Waals surface area (Å²) >= 11 is 0. The van der Waals surface area contributed by atoms with Crippen molar-refractivity contribution in [3.05, 3.63) is 45.1 Å². The highest BCUT2D eigenvalue weighted by molar-refractivity contribution is 5.90. The lowest BCUT2D eigenvalue weighted by Gasteiger charge is -2.21. The maximum Gasteiger partial charge on any atom is 0.260 e. The van der Waals surface area contributed by atoms with Crippen LogP contribution in [0.25, 0.3) is 22.2 Å². The van der Waals surface area contributed by atoms with Crippen LogP contribution >= 0.6 is 0 Å². The Morgan fingerprint density at radius 1 is 1.27 bits per heavy atom. The molecule has 0 atom stereocenters. The van der Waals surface area contributed by atoms with Gasteiger partial charge in [0.1, 0.15) is 5.82 Å². The number of H-pyrrole nitrogens is 1. The van der Waals surface area contributed by atoms with Gasteiger partial charge in [-0.2, -0.15) is 9.97 Å². The minimum atomic E-state index is -0.952. The third-order valence-corrected chi connectivity index (χ3v) is 5.39. The summed E-state index contributed by atoms with van der Waals surface area (Å²) in [6.07, 6.45) is 5.40. The molecule has 1 saturated carbocycles. The highest BCUT2D eigenvalue weighted by atomic mass is 16.3. The lowest BCUT2D eigenvalue weighted by molar-refractivity contribution is 0.0943. The van der Waals surface area contributed by atoms with Gasteiger partial charge in [-0.15, -0.1) is 0 Å². The van der Waals surface area contributed by atoms with Crippen molar-refractivity contribution < 1.29 is 5.11 Å². The van der Waals surface area contributed by atoms with E-state index in [2.05, 4.69) is 20.3 Å². The molecule has 1 aliphatic rings. The smallest absolute Gasteiger partial charge is 0.260 e. The summed E-state index contributed by atoms with van der Waals surface area (Å²) in [5.41, 5.74) is 6.43. The van der Waals surface area contributed by atoms with E-state index in [4.69, 9.17) is 5.73 Å².